The van der Waals surface area contributed by atoms with Crippen LogP contribution in [0.5, 0.6) is 0 Å². The molecule has 0 aliphatic carbocycles. The third-order valence-electron chi connectivity index (χ3n) is 1.28. The molecule has 0 aliphatic rings. The first-order chi connectivity index (χ1) is 5.56. The van der Waals surface area contributed by atoms with Crippen LogP contribution in [0.1, 0.15) is 13.3 Å². The molecule has 0 atom stereocenters. The topological polar surface area (TPSA) is 73.0 Å². The molecular formula is C6H10N2O2S2. The Morgan fingerprint density at radius 1 is 1.67 bits per heavy atom. The summed E-state index contributed by atoms with van der Waals surface area (Å²) in [4.78, 5) is 3.68. The van der Waals surface area contributed by atoms with Gasteiger partial charge in [0.25, 0.3) is 0 Å². The van der Waals surface area contributed by atoms with Crippen molar-refractivity contribution in [3.63, 3.8) is 0 Å². The molecule has 0 radical (unpaired) electrons. The van der Waals surface area contributed by atoms with Gasteiger partial charge in [0.1, 0.15) is 4.21 Å². The van der Waals surface area contributed by atoms with Crippen molar-refractivity contribution in [2.45, 2.75) is 17.6 Å². The first-order valence-electron chi connectivity index (χ1n) is 3.50. The lowest BCUT2D eigenvalue weighted by molar-refractivity contribution is 0.596. The first kappa shape index (κ1) is 9.47. The number of hydrogen-bond donors (Lipinski definition) is 1. The predicted molar refractivity (Wildman–Crippen MR) is 48.9 cm³/mol. The molecule has 68 valence electrons. The second kappa shape index (κ2) is 3.40. The van der Waals surface area contributed by atoms with Gasteiger partial charge in [0.05, 0.1) is 11.9 Å². The van der Waals surface area contributed by atoms with E-state index < -0.39 is 9.84 Å². The monoisotopic (exact) mass is 206 g/mol. The van der Waals surface area contributed by atoms with E-state index in [0.717, 1.165) is 11.3 Å². The van der Waals surface area contributed by atoms with E-state index in [4.69, 9.17) is 5.73 Å². The third kappa shape index (κ3) is 1.95. The zero-order valence-electron chi connectivity index (χ0n) is 6.65. The van der Waals surface area contributed by atoms with Crippen molar-refractivity contribution in [3.05, 3.63) is 6.20 Å². The minimum absolute atomic E-state index is 0.161. The van der Waals surface area contributed by atoms with E-state index in [9.17, 15) is 8.42 Å². The molecule has 1 aromatic rings. The minimum Gasteiger partial charge on any atom is -0.375 e. The van der Waals surface area contributed by atoms with Crippen molar-refractivity contribution in [1.29, 1.82) is 0 Å². The van der Waals surface area contributed by atoms with E-state index in [1.807, 2.05) is 6.92 Å². The number of sulfone groups is 1. The molecule has 0 bridgehead atoms. The standard InChI is InChI=1S/C6H10N2O2S2/c1-2-3-12(9,10)5-4-8-6(7)11-5/h4H,2-3H2,1H3,(H2,7,8). The molecule has 6 heteroatoms. The minimum atomic E-state index is -3.11. The fourth-order valence-electron chi connectivity index (χ4n) is 0.785. The second-order valence-corrected chi connectivity index (χ2v) is 5.73. The van der Waals surface area contributed by atoms with Gasteiger partial charge in [0, 0.05) is 0 Å². The summed E-state index contributed by atoms with van der Waals surface area (Å²) in [5.74, 6) is 0.161. The Kier molecular flexibility index (Phi) is 2.69. The number of nitrogens with zero attached hydrogens (tertiary/aromatic N) is 1. The average molecular weight is 206 g/mol. The smallest absolute Gasteiger partial charge is 0.189 e. The fourth-order valence-corrected chi connectivity index (χ4v) is 3.17. The second-order valence-electron chi connectivity index (χ2n) is 2.34. The van der Waals surface area contributed by atoms with Crippen LogP contribution in [0.2, 0.25) is 0 Å². The molecule has 0 fully saturated rings. The summed E-state index contributed by atoms with van der Waals surface area (Å²) in [6.07, 6.45) is 1.92. The van der Waals surface area contributed by atoms with E-state index in [1.54, 1.807) is 0 Å². The molecule has 0 aliphatic heterocycles. The summed E-state index contributed by atoms with van der Waals surface area (Å²) >= 11 is 1.01. The number of aromatic nitrogens is 1. The number of anilines is 1. The van der Waals surface area contributed by atoms with E-state index in [0.29, 0.717) is 11.6 Å². The third-order valence-corrected chi connectivity index (χ3v) is 4.58. The van der Waals surface area contributed by atoms with Gasteiger partial charge < -0.3 is 5.73 Å². The highest BCUT2D eigenvalue weighted by Crippen LogP contribution is 2.21. The maximum Gasteiger partial charge on any atom is 0.189 e. The Labute approximate surface area is 75.4 Å². The number of hydrogen-bond acceptors (Lipinski definition) is 5. The highest BCUT2D eigenvalue weighted by atomic mass is 32.2. The number of nitrogens with two attached hydrogens (primary N) is 1. The molecule has 0 amide bonds. The number of rotatable bonds is 3. The summed E-state index contributed by atoms with van der Waals surface area (Å²) in [5, 5.41) is 0.296. The van der Waals surface area contributed by atoms with Crippen LogP contribution in [0.4, 0.5) is 5.13 Å². The maximum atomic E-state index is 11.4. The SMILES string of the molecule is CCCS(=O)(=O)c1cnc(N)s1. The van der Waals surface area contributed by atoms with Gasteiger partial charge in [-0.15, -0.1) is 0 Å². The number of nitrogen functional groups attached to an aromatic ring is 1. The highest BCUT2D eigenvalue weighted by molar-refractivity contribution is 7.93. The molecule has 1 aromatic heterocycles. The molecule has 0 aromatic carbocycles. The van der Waals surface area contributed by atoms with Crippen molar-refractivity contribution >= 4 is 26.3 Å². The zero-order valence-corrected chi connectivity index (χ0v) is 8.28. The van der Waals surface area contributed by atoms with Crippen LogP contribution in [0.25, 0.3) is 0 Å². The Hall–Kier alpha value is -0.620. The Bertz CT molecular complexity index is 355. The molecular weight excluding hydrogens is 196 g/mol. The van der Waals surface area contributed by atoms with Crippen molar-refractivity contribution in [3.8, 4) is 0 Å². The molecule has 1 rings (SSSR count). The van der Waals surface area contributed by atoms with E-state index >= 15 is 0 Å². The van der Waals surface area contributed by atoms with Crippen LogP contribution < -0.4 is 5.73 Å². The summed E-state index contributed by atoms with van der Waals surface area (Å²) in [5.41, 5.74) is 5.31. The van der Waals surface area contributed by atoms with Crippen LogP contribution in [0.3, 0.4) is 0 Å². The van der Waals surface area contributed by atoms with Crippen LogP contribution in [-0.4, -0.2) is 19.2 Å². The summed E-state index contributed by atoms with van der Waals surface area (Å²) in [7, 11) is -3.11. The molecule has 0 spiro atoms. The van der Waals surface area contributed by atoms with E-state index in [2.05, 4.69) is 4.98 Å². The largest absolute Gasteiger partial charge is 0.375 e. The Morgan fingerprint density at radius 2 is 2.33 bits per heavy atom. The van der Waals surface area contributed by atoms with Crippen LogP contribution in [-0.2, 0) is 9.84 Å². The van der Waals surface area contributed by atoms with Crippen molar-refractivity contribution in [2.75, 3.05) is 11.5 Å². The molecule has 0 unspecified atom stereocenters. The normalized spacial score (nSPS) is 11.8. The maximum absolute atomic E-state index is 11.4. The average Bonchev–Trinajstić information content (AvgIpc) is 2.36. The van der Waals surface area contributed by atoms with Gasteiger partial charge in [0.15, 0.2) is 15.0 Å². The van der Waals surface area contributed by atoms with Gasteiger partial charge in [-0.25, -0.2) is 13.4 Å². The summed E-state index contributed by atoms with van der Waals surface area (Å²) in [6, 6.07) is 0. The van der Waals surface area contributed by atoms with Gasteiger partial charge in [-0.3, -0.25) is 0 Å². The van der Waals surface area contributed by atoms with E-state index in [-0.39, 0.29) is 9.96 Å². The quantitative estimate of drug-likeness (QED) is 0.797. The first-order valence-corrected chi connectivity index (χ1v) is 5.97. The van der Waals surface area contributed by atoms with E-state index in [1.165, 1.54) is 6.20 Å². The van der Waals surface area contributed by atoms with Crippen molar-refractivity contribution in [1.82, 2.24) is 4.98 Å². The van der Waals surface area contributed by atoms with Gasteiger partial charge in [-0.05, 0) is 6.42 Å². The Morgan fingerprint density at radius 3 is 2.75 bits per heavy atom. The number of thiazole rings is 1. The van der Waals surface area contributed by atoms with Gasteiger partial charge in [0.2, 0.25) is 0 Å². The lowest BCUT2D eigenvalue weighted by Gasteiger charge is -1.95. The van der Waals surface area contributed by atoms with Crippen LogP contribution in [0, 0.1) is 0 Å². The fraction of sp³-hybridized carbons (Fsp3) is 0.500. The Balaban J connectivity index is 2.98. The summed E-state index contributed by atoms with van der Waals surface area (Å²) in [6.45, 7) is 1.82. The van der Waals surface area contributed by atoms with Crippen molar-refractivity contribution < 1.29 is 8.42 Å². The van der Waals surface area contributed by atoms with Gasteiger partial charge >= 0.3 is 0 Å². The molecule has 4 nitrogen and oxygen atoms in total. The van der Waals surface area contributed by atoms with Gasteiger partial charge in [-0.2, -0.15) is 0 Å². The molecule has 1 heterocycles. The predicted octanol–water partition coefficient (Wildman–Crippen LogP) is 0.909. The highest BCUT2D eigenvalue weighted by Gasteiger charge is 2.15. The summed E-state index contributed by atoms with van der Waals surface area (Å²) < 4.78 is 23.0. The lowest BCUT2D eigenvalue weighted by atomic mass is 10.6. The van der Waals surface area contributed by atoms with Crippen molar-refractivity contribution in [2.24, 2.45) is 0 Å². The van der Waals surface area contributed by atoms with Gasteiger partial charge in [-0.1, -0.05) is 18.3 Å². The lowest BCUT2D eigenvalue weighted by Crippen LogP contribution is -2.03. The molecule has 0 saturated heterocycles. The van der Waals surface area contributed by atoms with Crippen LogP contribution >= 0.6 is 11.3 Å². The van der Waals surface area contributed by atoms with Crippen LogP contribution in [0.15, 0.2) is 10.4 Å². The zero-order chi connectivity index (χ0) is 9.19. The molecule has 12 heavy (non-hydrogen) atoms. The molecule has 0 saturated carbocycles. The molecule has 2 N–H and O–H groups in total.